The first-order chi connectivity index (χ1) is 9.25. The van der Waals surface area contributed by atoms with E-state index in [1.54, 1.807) is 0 Å². The maximum atomic E-state index is 6.22. The fourth-order valence-electron chi connectivity index (χ4n) is 2.32. The van der Waals surface area contributed by atoms with Crippen molar-refractivity contribution >= 4 is 28.2 Å². The highest BCUT2D eigenvalue weighted by Crippen LogP contribution is 2.26. The molecule has 96 valence electrons. The van der Waals surface area contributed by atoms with E-state index in [0.29, 0.717) is 0 Å². The van der Waals surface area contributed by atoms with E-state index in [9.17, 15) is 0 Å². The van der Waals surface area contributed by atoms with Crippen molar-refractivity contribution < 1.29 is 0 Å². The van der Waals surface area contributed by atoms with E-state index in [4.69, 9.17) is 11.6 Å². The first-order valence-electron chi connectivity index (χ1n) is 6.29. The van der Waals surface area contributed by atoms with Gasteiger partial charge in [0.1, 0.15) is 0 Å². The number of aromatic amines is 1. The van der Waals surface area contributed by atoms with Gasteiger partial charge in [0.15, 0.2) is 0 Å². The van der Waals surface area contributed by atoms with Crippen molar-refractivity contribution in [3.63, 3.8) is 0 Å². The summed E-state index contributed by atoms with van der Waals surface area (Å²) < 4.78 is 0. The van der Waals surface area contributed by atoms with Crippen LogP contribution in [0, 0.1) is 6.92 Å². The number of aryl methyl sites for hydroxylation is 1. The standard InChI is InChI=1S/C16H15ClN2/c1-11-5-4-7-14(17)16(11)19-10-12-9-18-15-8-3-2-6-13(12)15/h2-9,18-19H,10H2,1H3. The molecule has 0 aliphatic rings. The van der Waals surface area contributed by atoms with Crippen LogP contribution >= 0.6 is 11.6 Å². The summed E-state index contributed by atoms with van der Waals surface area (Å²) in [7, 11) is 0. The van der Waals surface area contributed by atoms with Crippen molar-refractivity contribution in [1.82, 2.24) is 4.98 Å². The van der Waals surface area contributed by atoms with E-state index in [0.717, 1.165) is 28.3 Å². The van der Waals surface area contributed by atoms with E-state index < -0.39 is 0 Å². The van der Waals surface area contributed by atoms with Crippen molar-refractivity contribution in [2.75, 3.05) is 5.32 Å². The molecule has 0 unspecified atom stereocenters. The summed E-state index contributed by atoms with van der Waals surface area (Å²) in [5.41, 5.74) is 4.58. The van der Waals surface area contributed by atoms with Gasteiger partial charge >= 0.3 is 0 Å². The largest absolute Gasteiger partial charge is 0.379 e. The molecule has 3 heteroatoms. The molecule has 0 bridgehead atoms. The van der Waals surface area contributed by atoms with Gasteiger partial charge in [-0.2, -0.15) is 0 Å². The summed E-state index contributed by atoms with van der Waals surface area (Å²) in [4.78, 5) is 3.28. The van der Waals surface area contributed by atoms with Gasteiger partial charge in [-0.25, -0.2) is 0 Å². The van der Waals surface area contributed by atoms with Gasteiger partial charge in [-0.1, -0.05) is 41.9 Å². The molecule has 1 aromatic heterocycles. The quantitative estimate of drug-likeness (QED) is 0.707. The minimum Gasteiger partial charge on any atom is -0.379 e. The van der Waals surface area contributed by atoms with Crippen molar-refractivity contribution in [3.8, 4) is 0 Å². The van der Waals surface area contributed by atoms with E-state index >= 15 is 0 Å². The average molecular weight is 271 g/mol. The fourth-order valence-corrected chi connectivity index (χ4v) is 2.61. The zero-order valence-electron chi connectivity index (χ0n) is 10.7. The van der Waals surface area contributed by atoms with Crippen LogP contribution in [0.3, 0.4) is 0 Å². The van der Waals surface area contributed by atoms with Gasteiger partial charge in [0.05, 0.1) is 10.7 Å². The topological polar surface area (TPSA) is 27.8 Å². The third-order valence-corrected chi connectivity index (χ3v) is 3.67. The van der Waals surface area contributed by atoms with Gasteiger partial charge in [-0.3, -0.25) is 0 Å². The van der Waals surface area contributed by atoms with Gasteiger partial charge in [0.25, 0.3) is 0 Å². The lowest BCUT2D eigenvalue weighted by atomic mass is 10.1. The number of halogens is 1. The molecule has 0 aliphatic heterocycles. The number of aromatic nitrogens is 1. The van der Waals surface area contributed by atoms with Gasteiger partial charge in [0.2, 0.25) is 0 Å². The number of rotatable bonds is 3. The monoisotopic (exact) mass is 270 g/mol. The van der Waals surface area contributed by atoms with E-state index in [1.807, 2.05) is 24.4 Å². The number of fused-ring (bicyclic) bond motifs is 1. The molecule has 2 N–H and O–H groups in total. The SMILES string of the molecule is Cc1cccc(Cl)c1NCc1c[nH]c2ccccc12. The molecule has 3 aromatic rings. The summed E-state index contributed by atoms with van der Waals surface area (Å²) in [6.07, 6.45) is 2.05. The lowest BCUT2D eigenvalue weighted by molar-refractivity contribution is 1.15. The van der Waals surface area contributed by atoms with Crippen LogP contribution in [-0.4, -0.2) is 4.98 Å². The van der Waals surface area contributed by atoms with E-state index in [2.05, 4.69) is 41.5 Å². The molecule has 2 nitrogen and oxygen atoms in total. The average Bonchev–Trinajstić information content (AvgIpc) is 2.82. The molecule has 0 saturated carbocycles. The first-order valence-corrected chi connectivity index (χ1v) is 6.67. The van der Waals surface area contributed by atoms with Crippen molar-refractivity contribution in [2.24, 2.45) is 0 Å². The van der Waals surface area contributed by atoms with Crippen molar-refractivity contribution in [1.29, 1.82) is 0 Å². The zero-order chi connectivity index (χ0) is 13.2. The molecule has 0 saturated heterocycles. The van der Waals surface area contributed by atoms with Gasteiger partial charge < -0.3 is 10.3 Å². The summed E-state index contributed by atoms with van der Waals surface area (Å²) in [6, 6.07) is 14.2. The molecule has 19 heavy (non-hydrogen) atoms. The Hall–Kier alpha value is -1.93. The second kappa shape index (κ2) is 4.98. The lowest BCUT2D eigenvalue weighted by Crippen LogP contribution is -2.01. The van der Waals surface area contributed by atoms with Crippen LogP contribution in [0.25, 0.3) is 10.9 Å². The van der Waals surface area contributed by atoms with Crippen molar-refractivity contribution in [3.05, 3.63) is 64.8 Å². The Bertz CT molecular complexity index is 695. The Labute approximate surface area is 117 Å². The first kappa shape index (κ1) is 12.1. The minimum atomic E-state index is 0.759. The molecule has 1 heterocycles. The summed E-state index contributed by atoms with van der Waals surface area (Å²) in [5, 5.41) is 5.44. The Morgan fingerprint density at radius 1 is 1.11 bits per heavy atom. The van der Waals surface area contributed by atoms with Gasteiger partial charge in [0, 0.05) is 23.6 Å². The Balaban J connectivity index is 1.87. The smallest absolute Gasteiger partial charge is 0.0640 e. The Morgan fingerprint density at radius 3 is 2.79 bits per heavy atom. The van der Waals surface area contributed by atoms with Crippen molar-refractivity contribution in [2.45, 2.75) is 13.5 Å². The van der Waals surface area contributed by atoms with Crippen LogP contribution in [-0.2, 0) is 6.54 Å². The predicted molar refractivity (Wildman–Crippen MR) is 81.8 cm³/mol. The Morgan fingerprint density at radius 2 is 1.95 bits per heavy atom. The molecule has 0 fully saturated rings. The molecule has 3 rings (SSSR count). The summed E-state index contributed by atoms with van der Waals surface area (Å²) in [5.74, 6) is 0. The Kier molecular flexibility index (Phi) is 3.18. The number of nitrogens with one attached hydrogen (secondary N) is 2. The summed E-state index contributed by atoms with van der Waals surface area (Å²) in [6.45, 7) is 2.82. The predicted octanol–water partition coefficient (Wildman–Crippen LogP) is 4.74. The zero-order valence-corrected chi connectivity index (χ0v) is 11.5. The minimum absolute atomic E-state index is 0.759. The third-order valence-electron chi connectivity index (χ3n) is 3.35. The molecular weight excluding hydrogens is 256 g/mol. The molecular formula is C16H15ClN2. The number of para-hydroxylation sites is 2. The second-order valence-electron chi connectivity index (χ2n) is 4.64. The van der Waals surface area contributed by atoms with Gasteiger partial charge in [-0.15, -0.1) is 0 Å². The molecule has 0 atom stereocenters. The number of hydrogen-bond donors (Lipinski definition) is 2. The maximum absolute atomic E-state index is 6.22. The molecule has 0 amide bonds. The van der Waals surface area contributed by atoms with Crippen LogP contribution in [0.4, 0.5) is 5.69 Å². The molecule has 2 aromatic carbocycles. The highest BCUT2D eigenvalue weighted by molar-refractivity contribution is 6.33. The fraction of sp³-hybridized carbons (Fsp3) is 0.125. The van der Waals surface area contributed by atoms with Crippen LogP contribution < -0.4 is 5.32 Å². The number of benzene rings is 2. The van der Waals surface area contributed by atoms with Gasteiger partial charge in [-0.05, 0) is 30.2 Å². The lowest BCUT2D eigenvalue weighted by Gasteiger charge is -2.10. The normalized spacial score (nSPS) is 10.8. The van der Waals surface area contributed by atoms with E-state index in [-0.39, 0.29) is 0 Å². The molecule has 0 spiro atoms. The number of H-pyrrole nitrogens is 1. The number of hydrogen-bond acceptors (Lipinski definition) is 1. The maximum Gasteiger partial charge on any atom is 0.0640 e. The highest BCUT2D eigenvalue weighted by atomic mass is 35.5. The van der Waals surface area contributed by atoms with Crippen LogP contribution in [0.15, 0.2) is 48.7 Å². The van der Waals surface area contributed by atoms with Crippen LogP contribution in [0.2, 0.25) is 5.02 Å². The van der Waals surface area contributed by atoms with Crippen LogP contribution in [0.1, 0.15) is 11.1 Å². The van der Waals surface area contributed by atoms with Crippen LogP contribution in [0.5, 0.6) is 0 Å². The highest BCUT2D eigenvalue weighted by Gasteiger charge is 2.06. The molecule has 0 radical (unpaired) electrons. The summed E-state index contributed by atoms with van der Waals surface area (Å²) >= 11 is 6.22. The third kappa shape index (κ3) is 2.32. The molecule has 0 aliphatic carbocycles. The second-order valence-corrected chi connectivity index (χ2v) is 5.05. The number of anilines is 1. The van der Waals surface area contributed by atoms with E-state index in [1.165, 1.54) is 10.9 Å².